The molecule has 4 heteroatoms. The highest BCUT2D eigenvalue weighted by atomic mass is 32.1. The fourth-order valence-electron chi connectivity index (χ4n) is 2.10. The Balaban J connectivity index is 1.78. The van der Waals surface area contributed by atoms with Gasteiger partial charge in [-0.25, -0.2) is 0 Å². The first-order valence-electron chi connectivity index (χ1n) is 5.93. The predicted molar refractivity (Wildman–Crippen MR) is 77.1 cm³/mol. The summed E-state index contributed by atoms with van der Waals surface area (Å²) in [5, 5.41) is 11.2. The molecule has 3 aromatic rings. The van der Waals surface area contributed by atoms with Gasteiger partial charge in [0.1, 0.15) is 0 Å². The zero-order valence-corrected chi connectivity index (χ0v) is 11.3. The van der Waals surface area contributed by atoms with E-state index in [0.29, 0.717) is 0 Å². The monoisotopic (exact) mass is 257 g/mol. The highest BCUT2D eigenvalue weighted by Crippen LogP contribution is 2.24. The van der Waals surface area contributed by atoms with Gasteiger partial charge in [-0.2, -0.15) is 5.10 Å². The Hall–Kier alpha value is -1.81. The van der Waals surface area contributed by atoms with Crippen LogP contribution in [0.25, 0.3) is 10.1 Å². The molecule has 0 bridgehead atoms. The molecule has 0 radical (unpaired) electrons. The Morgan fingerprint density at radius 2 is 2.17 bits per heavy atom. The van der Waals surface area contributed by atoms with Crippen LogP contribution >= 0.6 is 11.3 Å². The van der Waals surface area contributed by atoms with Gasteiger partial charge in [-0.3, -0.25) is 4.68 Å². The number of rotatable bonds is 3. The van der Waals surface area contributed by atoms with Gasteiger partial charge in [0.2, 0.25) is 0 Å². The second kappa shape index (κ2) is 4.46. The molecule has 0 aliphatic heterocycles. The second-order valence-electron chi connectivity index (χ2n) is 4.43. The highest BCUT2D eigenvalue weighted by Gasteiger charge is 2.02. The third kappa shape index (κ3) is 2.11. The largest absolute Gasteiger partial charge is 0.379 e. The van der Waals surface area contributed by atoms with Crippen molar-refractivity contribution in [1.29, 1.82) is 0 Å². The van der Waals surface area contributed by atoms with Crippen molar-refractivity contribution in [2.75, 3.05) is 5.32 Å². The summed E-state index contributed by atoms with van der Waals surface area (Å²) in [6.07, 6.45) is 0. The number of anilines is 1. The van der Waals surface area contributed by atoms with E-state index < -0.39 is 0 Å². The van der Waals surface area contributed by atoms with Crippen molar-refractivity contribution in [2.45, 2.75) is 13.5 Å². The molecule has 1 N–H and O–H groups in total. The predicted octanol–water partition coefficient (Wildman–Crippen LogP) is 3.56. The van der Waals surface area contributed by atoms with Crippen LogP contribution in [0.2, 0.25) is 0 Å². The number of fused-ring (bicyclic) bond motifs is 1. The van der Waals surface area contributed by atoms with Crippen LogP contribution in [0.3, 0.4) is 0 Å². The molecule has 2 heterocycles. The Morgan fingerprint density at radius 3 is 2.94 bits per heavy atom. The zero-order valence-electron chi connectivity index (χ0n) is 10.5. The fraction of sp³-hybridized carbons (Fsp3) is 0.214. The van der Waals surface area contributed by atoms with Gasteiger partial charge in [0, 0.05) is 17.4 Å². The molecule has 0 spiro atoms. The Labute approximate surface area is 110 Å². The van der Waals surface area contributed by atoms with Gasteiger partial charge < -0.3 is 5.32 Å². The van der Waals surface area contributed by atoms with Crippen molar-refractivity contribution in [3.63, 3.8) is 0 Å². The molecule has 1 aromatic carbocycles. The van der Waals surface area contributed by atoms with E-state index in [1.165, 1.54) is 15.8 Å². The van der Waals surface area contributed by atoms with Gasteiger partial charge in [-0.15, -0.1) is 11.3 Å². The van der Waals surface area contributed by atoms with Crippen molar-refractivity contribution in [2.24, 2.45) is 7.05 Å². The number of nitrogens with one attached hydrogen (secondary N) is 1. The van der Waals surface area contributed by atoms with Gasteiger partial charge in [0.25, 0.3) is 0 Å². The first kappa shape index (κ1) is 11.3. The summed E-state index contributed by atoms with van der Waals surface area (Å²) < 4.78 is 3.25. The summed E-state index contributed by atoms with van der Waals surface area (Å²) in [6, 6.07) is 10.7. The molecule has 0 saturated carbocycles. The summed E-state index contributed by atoms with van der Waals surface area (Å²) in [6.45, 7) is 2.81. The van der Waals surface area contributed by atoms with Gasteiger partial charge >= 0.3 is 0 Å². The number of benzene rings is 1. The van der Waals surface area contributed by atoms with E-state index in [4.69, 9.17) is 0 Å². The van der Waals surface area contributed by atoms with E-state index in [9.17, 15) is 0 Å². The van der Waals surface area contributed by atoms with Crippen LogP contribution in [0.5, 0.6) is 0 Å². The minimum absolute atomic E-state index is 0.799. The number of aromatic nitrogens is 2. The average Bonchev–Trinajstić information content (AvgIpc) is 2.92. The van der Waals surface area contributed by atoms with Crippen LogP contribution in [0.1, 0.15) is 11.4 Å². The molecule has 3 rings (SSSR count). The molecule has 0 aliphatic rings. The molecule has 0 fully saturated rings. The lowest BCUT2D eigenvalue weighted by atomic mass is 10.2. The Morgan fingerprint density at radius 1 is 1.28 bits per heavy atom. The maximum Gasteiger partial charge on any atom is 0.0597 e. The van der Waals surface area contributed by atoms with Gasteiger partial charge in [-0.05, 0) is 48.0 Å². The number of hydrogen-bond acceptors (Lipinski definition) is 3. The second-order valence-corrected chi connectivity index (χ2v) is 5.38. The number of thiophene rings is 1. The SMILES string of the molecule is Cc1cc(CNc2ccc3sccc3c2)n(C)n1. The first-order chi connectivity index (χ1) is 8.72. The normalized spacial score (nSPS) is 11.0. The summed E-state index contributed by atoms with van der Waals surface area (Å²) in [7, 11) is 1.98. The summed E-state index contributed by atoms with van der Waals surface area (Å²) in [5.74, 6) is 0. The number of aryl methyl sites for hydroxylation is 2. The smallest absolute Gasteiger partial charge is 0.0597 e. The zero-order chi connectivity index (χ0) is 12.5. The minimum Gasteiger partial charge on any atom is -0.379 e. The van der Waals surface area contributed by atoms with Crippen molar-refractivity contribution >= 4 is 27.1 Å². The molecular formula is C14H15N3S. The minimum atomic E-state index is 0.799. The van der Waals surface area contributed by atoms with E-state index in [2.05, 4.69) is 46.1 Å². The molecule has 0 amide bonds. The molecule has 0 aliphatic carbocycles. The molecule has 0 atom stereocenters. The summed E-state index contributed by atoms with van der Waals surface area (Å²) >= 11 is 1.77. The first-order valence-corrected chi connectivity index (χ1v) is 6.81. The molecule has 3 nitrogen and oxygen atoms in total. The van der Waals surface area contributed by atoms with Crippen molar-refractivity contribution in [3.8, 4) is 0 Å². The standard InChI is InChI=1S/C14H15N3S/c1-10-7-13(17(2)16-10)9-15-12-3-4-14-11(8-12)5-6-18-14/h3-8,15H,9H2,1-2H3. The molecule has 2 aromatic heterocycles. The van der Waals surface area contributed by atoms with E-state index in [0.717, 1.165) is 17.9 Å². The van der Waals surface area contributed by atoms with Gasteiger partial charge in [0.15, 0.2) is 0 Å². The molecular weight excluding hydrogens is 242 g/mol. The third-order valence-corrected chi connectivity index (χ3v) is 3.92. The topological polar surface area (TPSA) is 29.9 Å². The van der Waals surface area contributed by atoms with Gasteiger partial charge in [-0.1, -0.05) is 0 Å². The van der Waals surface area contributed by atoms with Crippen LogP contribution in [0.4, 0.5) is 5.69 Å². The average molecular weight is 257 g/mol. The maximum absolute atomic E-state index is 4.34. The molecule has 18 heavy (non-hydrogen) atoms. The van der Waals surface area contributed by atoms with Gasteiger partial charge in [0.05, 0.1) is 17.9 Å². The van der Waals surface area contributed by atoms with Crippen LogP contribution < -0.4 is 5.32 Å². The van der Waals surface area contributed by atoms with Crippen molar-refractivity contribution < 1.29 is 0 Å². The lowest BCUT2D eigenvalue weighted by molar-refractivity contribution is 0.713. The summed E-state index contributed by atoms with van der Waals surface area (Å²) in [5.41, 5.74) is 3.40. The van der Waals surface area contributed by atoms with Crippen LogP contribution in [0, 0.1) is 6.92 Å². The van der Waals surface area contributed by atoms with E-state index >= 15 is 0 Å². The fourth-order valence-corrected chi connectivity index (χ4v) is 2.87. The Bertz CT molecular complexity index is 681. The maximum atomic E-state index is 4.34. The quantitative estimate of drug-likeness (QED) is 0.777. The molecule has 92 valence electrons. The van der Waals surface area contributed by atoms with Crippen LogP contribution in [-0.2, 0) is 13.6 Å². The lowest BCUT2D eigenvalue weighted by Crippen LogP contribution is -2.05. The molecule has 0 unspecified atom stereocenters. The van der Waals surface area contributed by atoms with Crippen molar-refractivity contribution in [1.82, 2.24) is 9.78 Å². The van der Waals surface area contributed by atoms with E-state index in [-0.39, 0.29) is 0 Å². The number of nitrogens with zero attached hydrogens (tertiary/aromatic N) is 2. The van der Waals surface area contributed by atoms with E-state index in [1.807, 2.05) is 18.7 Å². The van der Waals surface area contributed by atoms with Crippen LogP contribution in [0.15, 0.2) is 35.7 Å². The third-order valence-electron chi connectivity index (χ3n) is 3.02. The highest BCUT2D eigenvalue weighted by molar-refractivity contribution is 7.17. The van der Waals surface area contributed by atoms with E-state index in [1.54, 1.807) is 11.3 Å². The number of hydrogen-bond donors (Lipinski definition) is 1. The van der Waals surface area contributed by atoms with Crippen molar-refractivity contribution in [3.05, 3.63) is 47.1 Å². The Kier molecular flexibility index (Phi) is 2.80. The van der Waals surface area contributed by atoms with Crippen LogP contribution in [-0.4, -0.2) is 9.78 Å². The molecule has 0 saturated heterocycles. The summed E-state index contributed by atoms with van der Waals surface area (Å²) in [4.78, 5) is 0. The lowest BCUT2D eigenvalue weighted by Gasteiger charge is -2.06.